The molecule has 10 nitrogen and oxygen atoms in total. The van der Waals surface area contributed by atoms with Crippen molar-refractivity contribution in [1.82, 2.24) is 15.2 Å². The highest BCUT2D eigenvalue weighted by Crippen LogP contribution is 2.46. The van der Waals surface area contributed by atoms with Crippen LogP contribution in [-0.2, 0) is 11.2 Å². The number of hydrogen-bond acceptors (Lipinski definition) is 9. The zero-order chi connectivity index (χ0) is 28.6. The van der Waals surface area contributed by atoms with Crippen molar-refractivity contribution in [1.29, 1.82) is 0 Å². The third kappa shape index (κ3) is 6.04. The van der Waals surface area contributed by atoms with E-state index in [2.05, 4.69) is 10.3 Å². The quantitative estimate of drug-likeness (QED) is 0.371. The molecule has 1 aliphatic rings. The molecule has 40 heavy (non-hydrogen) atoms. The van der Waals surface area contributed by atoms with Gasteiger partial charge >= 0.3 is 0 Å². The van der Waals surface area contributed by atoms with Gasteiger partial charge in [0.15, 0.2) is 23.0 Å². The molecule has 0 spiro atoms. The summed E-state index contributed by atoms with van der Waals surface area (Å²) in [6.07, 6.45) is 2.29. The second kappa shape index (κ2) is 13.3. The van der Waals surface area contributed by atoms with Crippen molar-refractivity contribution in [3.63, 3.8) is 0 Å². The number of benzene rings is 2. The van der Waals surface area contributed by atoms with Gasteiger partial charge in [0.2, 0.25) is 11.7 Å². The molecule has 3 aromatic rings. The molecule has 0 aliphatic carbocycles. The molecule has 0 saturated carbocycles. The Bertz CT molecular complexity index is 1310. The fourth-order valence-electron chi connectivity index (χ4n) is 4.55. The van der Waals surface area contributed by atoms with Crippen LogP contribution in [0.4, 0.5) is 0 Å². The Hall–Kier alpha value is -4.12. The first-order valence-corrected chi connectivity index (χ1v) is 13.6. The lowest BCUT2D eigenvalue weighted by Crippen LogP contribution is -2.48. The van der Waals surface area contributed by atoms with E-state index in [1.54, 1.807) is 43.5 Å². The molecule has 2 unspecified atom stereocenters. The zero-order valence-corrected chi connectivity index (χ0v) is 23.9. The normalized spacial score (nSPS) is 16.3. The van der Waals surface area contributed by atoms with Gasteiger partial charge in [-0.05, 0) is 42.0 Å². The summed E-state index contributed by atoms with van der Waals surface area (Å²) >= 11 is 1.50. The van der Waals surface area contributed by atoms with Crippen molar-refractivity contribution in [3.05, 3.63) is 71.5 Å². The monoisotopic (exact) mass is 567 g/mol. The van der Waals surface area contributed by atoms with E-state index < -0.39 is 11.4 Å². The lowest BCUT2D eigenvalue weighted by atomic mass is 10.1. The average Bonchev–Trinajstić information content (AvgIpc) is 3.45. The summed E-state index contributed by atoms with van der Waals surface area (Å²) in [4.78, 5) is 33.6. The number of rotatable bonds is 11. The third-order valence-corrected chi connectivity index (χ3v) is 7.87. The number of methoxy groups -OCH3 is 5. The molecule has 2 aromatic carbocycles. The molecule has 2 amide bonds. The van der Waals surface area contributed by atoms with E-state index in [0.717, 1.165) is 11.3 Å². The van der Waals surface area contributed by atoms with Crippen LogP contribution < -0.4 is 29.0 Å². The third-order valence-electron chi connectivity index (χ3n) is 6.55. The summed E-state index contributed by atoms with van der Waals surface area (Å²) in [6, 6.07) is 13.6. The molecule has 0 bridgehead atoms. The van der Waals surface area contributed by atoms with Gasteiger partial charge in [-0.15, -0.1) is 11.8 Å². The van der Waals surface area contributed by atoms with Gasteiger partial charge in [-0.1, -0.05) is 12.1 Å². The maximum absolute atomic E-state index is 14.2. The van der Waals surface area contributed by atoms with Crippen LogP contribution in [0.25, 0.3) is 0 Å². The maximum atomic E-state index is 14.2. The summed E-state index contributed by atoms with van der Waals surface area (Å²) in [7, 11) is 7.59. The largest absolute Gasteiger partial charge is 0.493 e. The molecule has 1 fully saturated rings. The fourth-order valence-corrected chi connectivity index (χ4v) is 5.97. The van der Waals surface area contributed by atoms with Gasteiger partial charge in [-0.2, -0.15) is 0 Å². The smallest absolute Gasteiger partial charge is 0.256 e. The van der Waals surface area contributed by atoms with Crippen LogP contribution in [0.2, 0.25) is 0 Å². The minimum atomic E-state index is -0.724. The highest BCUT2D eigenvalue weighted by Gasteiger charge is 2.43. The first kappa shape index (κ1) is 28.9. The average molecular weight is 568 g/mol. The Morgan fingerprint density at radius 2 is 1.60 bits per heavy atom. The summed E-state index contributed by atoms with van der Waals surface area (Å²) < 4.78 is 27.3. The summed E-state index contributed by atoms with van der Waals surface area (Å²) in [6.45, 7) is 0.393. The van der Waals surface area contributed by atoms with E-state index in [0.29, 0.717) is 53.0 Å². The molecule has 2 atom stereocenters. The summed E-state index contributed by atoms with van der Waals surface area (Å²) in [5.74, 6) is 1.97. The molecule has 4 rings (SSSR count). The Labute approximate surface area is 237 Å². The Morgan fingerprint density at radius 1 is 0.900 bits per heavy atom. The second-order valence-electron chi connectivity index (χ2n) is 8.80. The highest BCUT2D eigenvalue weighted by molar-refractivity contribution is 7.99. The van der Waals surface area contributed by atoms with Gasteiger partial charge in [0.05, 0.1) is 35.5 Å². The predicted molar refractivity (Wildman–Crippen MR) is 152 cm³/mol. The molecule has 11 heteroatoms. The van der Waals surface area contributed by atoms with Crippen molar-refractivity contribution >= 4 is 23.6 Å². The first-order chi connectivity index (χ1) is 19.4. The lowest BCUT2D eigenvalue weighted by Gasteiger charge is -2.30. The minimum absolute atomic E-state index is 0.243. The van der Waals surface area contributed by atoms with Crippen LogP contribution in [0, 0.1) is 0 Å². The molecular weight excluding hydrogens is 534 g/mol. The topological polar surface area (TPSA) is 108 Å². The van der Waals surface area contributed by atoms with Crippen molar-refractivity contribution < 1.29 is 33.3 Å². The summed E-state index contributed by atoms with van der Waals surface area (Å²) in [5.41, 5.74) is 1.97. The molecule has 1 aliphatic heterocycles. The van der Waals surface area contributed by atoms with Crippen molar-refractivity contribution in [2.45, 2.75) is 17.8 Å². The minimum Gasteiger partial charge on any atom is -0.493 e. The SMILES string of the molecule is COc1ccc(C2SCC(C(=O)NCCc3ccccn3)N2C(=O)c2cc(OC)c(OC)c(OC)c2)cc1OC. The number of carbonyl (C=O) groups excluding carboxylic acids is 2. The molecule has 1 aromatic heterocycles. The first-order valence-electron chi connectivity index (χ1n) is 12.6. The number of carbonyl (C=O) groups is 2. The predicted octanol–water partition coefficient (Wildman–Crippen LogP) is 3.74. The number of nitrogens with one attached hydrogen (secondary N) is 1. The highest BCUT2D eigenvalue weighted by atomic mass is 32.2. The van der Waals surface area contributed by atoms with Gasteiger partial charge in [-0.3, -0.25) is 14.6 Å². The van der Waals surface area contributed by atoms with Crippen LogP contribution >= 0.6 is 11.8 Å². The molecule has 212 valence electrons. The lowest BCUT2D eigenvalue weighted by molar-refractivity contribution is -0.124. The van der Waals surface area contributed by atoms with E-state index >= 15 is 0 Å². The number of hydrogen-bond donors (Lipinski definition) is 1. The van der Waals surface area contributed by atoms with Gasteiger partial charge < -0.3 is 33.9 Å². The van der Waals surface area contributed by atoms with E-state index in [4.69, 9.17) is 23.7 Å². The van der Waals surface area contributed by atoms with Crippen LogP contribution in [0.1, 0.15) is 27.0 Å². The van der Waals surface area contributed by atoms with Crippen LogP contribution in [0.3, 0.4) is 0 Å². The standard InChI is InChI=1S/C29H33N3O7S/c1-35-22-10-9-18(14-23(22)36-2)29-32(28(34)19-15-24(37-3)26(39-5)25(16-19)38-4)21(17-40-29)27(33)31-13-11-20-8-6-7-12-30-20/h6-10,12,14-16,21,29H,11,13,17H2,1-5H3,(H,31,33). The van der Waals surface area contributed by atoms with Gasteiger partial charge in [0.1, 0.15) is 11.4 Å². The van der Waals surface area contributed by atoms with Crippen LogP contribution in [-0.4, -0.2) is 75.6 Å². The number of nitrogens with zero attached hydrogens (tertiary/aromatic N) is 2. The van der Waals surface area contributed by atoms with Crippen molar-refractivity contribution in [3.8, 4) is 28.7 Å². The number of amides is 2. The fraction of sp³-hybridized carbons (Fsp3) is 0.345. The van der Waals surface area contributed by atoms with E-state index in [-0.39, 0.29) is 11.8 Å². The second-order valence-corrected chi connectivity index (χ2v) is 9.92. The molecule has 1 N–H and O–H groups in total. The van der Waals surface area contributed by atoms with Crippen LogP contribution in [0.5, 0.6) is 28.7 Å². The van der Waals surface area contributed by atoms with Crippen molar-refractivity contribution in [2.24, 2.45) is 0 Å². The van der Waals surface area contributed by atoms with Gasteiger partial charge in [-0.25, -0.2) is 0 Å². The summed E-state index contributed by atoms with van der Waals surface area (Å²) in [5, 5.41) is 2.53. The molecule has 2 heterocycles. The maximum Gasteiger partial charge on any atom is 0.256 e. The van der Waals surface area contributed by atoms with Gasteiger partial charge in [0.25, 0.3) is 5.91 Å². The van der Waals surface area contributed by atoms with E-state index in [9.17, 15) is 9.59 Å². The Kier molecular flexibility index (Phi) is 9.60. The number of thioether (sulfide) groups is 1. The Morgan fingerprint density at radius 3 is 2.20 bits per heavy atom. The molecule has 1 saturated heterocycles. The van der Waals surface area contributed by atoms with E-state index in [1.165, 1.54) is 33.1 Å². The molecule has 0 radical (unpaired) electrons. The number of aromatic nitrogens is 1. The number of pyridine rings is 1. The van der Waals surface area contributed by atoms with Gasteiger partial charge in [0, 0.05) is 36.2 Å². The van der Waals surface area contributed by atoms with Crippen LogP contribution in [0.15, 0.2) is 54.7 Å². The Balaban J connectivity index is 1.68. The zero-order valence-electron chi connectivity index (χ0n) is 23.1. The van der Waals surface area contributed by atoms with Crippen molar-refractivity contribution in [2.75, 3.05) is 47.8 Å². The molecular formula is C29H33N3O7S. The van der Waals surface area contributed by atoms with E-state index in [1.807, 2.05) is 30.3 Å². The number of ether oxygens (including phenoxy) is 5.